The van der Waals surface area contributed by atoms with Gasteiger partial charge < -0.3 is 10.4 Å². The molecule has 3 rings (SSSR count). The molecule has 0 radical (unpaired) electrons. The highest BCUT2D eigenvalue weighted by Crippen LogP contribution is 2.44. The van der Waals surface area contributed by atoms with Crippen LogP contribution in [0.3, 0.4) is 0 Å². The summed E-state index contributed by atoms with van der Waals surface area (Å²) in [6.07, 6.45) is 4.15. The van der Waals surface area contributed by atoms with Gasteiger partial charge in [-0.3, -0.25) is 4.79 Å². The number of hydrogen-bond acceptors (Lipinski definition) is 3. The van der Waals surface area contributed by atoms with Gasteiger partial charge in [-0.1, -0.05) is 30.5 Å². The lowest BCUT2D eigenvalue weighted by Crippen LogP contribution is -2.39. The summed E-state index contributed by atoms with van der Waals surface area (Å²) in [7, 11) is 0. The third-order valence-corrected chi connectivity index (χ3v) is 7.12. The molecule has 3 nitrogen and oxygen atoms in total. The molecule has 4 heteroatoms. The molecule has 2 aromatic rings. The SMILES string of the molecule is Cc1cc(C)c(C(=O)NCC2(c3ccc(C(C)O)s3)CCCC2)c(C)c1. The van der Waals surface area contributed by atoms with E-state index in [0.29, 0.717) is 6.54 Å². The van der Waals surface area contributed by atoms with Crippen molar-refractivity contribution in [3.05, 3.63) is 56.3 Å². The summed E-state index contributed by atoms with van der Waals surface area (Å²) in [5.74, 6) is 0.0265. The molecule has 1 aliphatic carbocycles. The Kier molecular flexibility index (Phi) is 5.54. The van der Waals surface area contributed by atoms with E-state index in [1.807, 2.05) is 26.8 Å². The summed E-state index contributed by atoms with van der Waals surface area (Å²) in [6.45, 7) is 8.55. The maximum atomic E-state index is 12.9. The highest BCUT2D eigenvalue weighted by molar-refractivity contribution is 7.12. The predicted octanol–water partition coefficient (Wildman–Crippen LogP) is 4.97. The minimum Gasteiger partial charge on any atom is -0.388 e. The van der Waals surface area contributed by atoms with Gasteiger partial charge in [0.1, 0.15) is 0 Å². The zero-order chi connectivity index (χ0) is 18.9. The number of rotatable bonds is 5. The van der Waals surface area contributed by atoms with Gasteiger partial charge in [-0.05, 0) is 63.8 Å². The van der Waals surface area contributed by atoms with Crippen molar-refractivity contribution in [2.75, 3.05) is 6.54 Å². The highest BCUT2D eigenvalue weighted by Gasteiger charge is 2.37. The molecule has 1 fully saturated rings. The fraction of sp³-hybridized carbons (Fsp3) is 0.500. The lowest BCUT2D eigenvalue weighted by Gasteiger charge is -2.28. The second kappa shape index (κ2) is 7.53. The van der Waals surface area contributed by atoms with E-state index in [-0.39, 0.29) is 11.3 Å². The second-order valence-electron chi connectivity index (χ2n) is 7.82. The van der Waals surface area contributed by atoms with Gasteiger partial charge >= 0.3 is 0 Å². The number of benzene rings is 1. The molecular weight excluding hydrogens is 342 g/mol. The number of carbonyl (C=O) groups is 1. The van der Waals surface area contributed by atoms with E-state index < -0.39 is 6.10 Å². The van der Waals surface area contributed by atoms with Crippen LogP contribution in [0, 0.1) is 20.8 Å². The van der Waals surface area contributed by atoms with E-state index in [1.54, 1.807) is 11.3 Å². The molecule has 1 heterocycles. The van der Waals surface area contributed by atoms with Gasteiger partial charge in [-0.25, -0.2) is 0 Å². The highest BCUT2D eigenvalue weighted by atomic mass is 32.1. The number of aliphatic hydroxyl groups is 1. The smallest absolute Gasteiger partial charge is 0.251 e. The predicted molar refractivity (Wildman–Crippen MR) is 108 cm³/mol. The van der Waals surface area contributed by atoms with E-state index in [9.17, 15) is 9.90 Å². The third-order valence-electron chi connectivity index (χ3n) is 5.61. The molecule has 1 amide bonds. The van der Waals surface area contributed by atoms with Crippen molar-refractivity contribution < 1.29 is 9.90 Å². The molecule has 1 aromatic heterocycles. The molecule has 1 aromatic carbocycles. The first-order chi connectivity index (χ1) is 12.3. The van der Waals surface area contributed by atoms with Crippen molar-refractivity contribution in [3.63, 3.8) is 0 Å². The van der Waals surface area contributed by atoms with Crippen LogP contribution in [0.1, 0.15) is 75.5 Å². The summed E-state index contributed by atoms with van der Waals surface area (Å²) < 4.78 is 0. The van der Waals surface area contributed by atoms with Crippen LogP contribution in [0.4, 0.5) is 0 Å². The van der Waals surface area contributed by atoms with Crippen molar-refractivity contribution in [1.29, 1.82) is 0 Å². The number of thiophene rings is 1. The molecule has 2 N–H and O–H groups in total. The largest absolute Gasteiger partial charge is 0.388 e. The van der Waals surface area contributed by atoms with Crippen molar-refractivity contribution in [2.24, 2.45) is 0 Å². The summed E-state index contributed by atoms with van der Waals surface area (Å²) in [5, 5.41) is 13.1. The summed E-state index contributed by atoms with van der Waals surface area (Å²) in [4.78, 5) is 15.2. The molecule has 1 atom stereocenters. The Bertz CT molecular complexity index is 777. The monoisotopic (exact) mass is 371 g/mol. The topological polar surface area (TPSA) is 49.3 Å². The van der Waals surface area contributed by atoms with Gasteiger partial charge in [-0.2, -0.15) is 0 Å². The van der Waals surface area contributed by atoms with Crippen LogP contribution in [0.5, 0.6) is 0 Å². The lowest BCUT2D eigenvalue weighted by atomic mass is 9.84. The molecule has 140 valence electrons. The first-order valence-corrected chi connectivity index (χ1v) is 10.3. The molecule has 0 aliphatic heterocycles. The van der Waals surface area contributed by atoms with Crippen molar-refractivity contribution in [1.82, 2.24) is 5.32 Å². The van der Waals surface area contributed by atoms with Crippen molar-refractivity contribution in [3.8, 4) is 0 Å². The minimum absolute atomic E-state index is 0.0139. The zero-order valence-electron chi connectivity index (χ0n) is 16.2. The van der Waals surface area contributed by atoms with Crippen molar-refractivity contribution >= 4 is 17.2 Å². The average molecular weight is 372 g/mol. The number of aryl methyl sites for hydroxylation is 3. The van der Waals surface area contributed by atoms with Crippen LogP contribution < -0.4 is 5.32 Å². The van der Waals surface area contributed by atoms with Gasteiger partial charge in [0, 0.05) is 27.3 Å². The third kappa shape index (κ3) is 3.72. The average Bonchev–Trinajstić information content (AvgIpc) is 3.22. The molecule has 1 unspecified atom stereocenters. The maximum absolute atomic E-state index is 12.9. The van der Waals surface area contributed by atoms with Gasteiger partial charge in [0.05, 0.1) is 6.10 Å². The van der Waals surface area contributed by atoms with E-state index in [2.05, 4.69) is 30.4 Å². The maximum Gasteiger partial charge on any atom is 0.251 e. The first kappa shape index (κ1) is 19.1. The van der Waals surface area contributed by atoms with Crippen LogP contribution in [0.2, 0.25) is 0 Å². The number of hydrogen-bond donors (Lipinski definition) is 2. The fourth-order valence-electron chi connectivity index (χ4n) is 4.30. The molecule has 0 saturated heterocycles. The van der Waals surface area contributed by atoms with E-state index in [4.69, 9.17) is 0 Å². The molecule has 1 saturated carbocycles. The number of aliphatic hydroxyl groups excluding tert-OH is 1. The van der Waals surface area contributed by atoms with Gasteiger partial charge in [-0.15, -0.1) is 11.3 Å². The Balaban J connectivity index is 1.80. The molecule has 0 bridgehead atoms. The van der Waals surface area contributed by atoms with Crippen LogP contribution in [-0.2, 0) is 5.41 Å². The second-order valence-corrected chi connectivity index (χ2v) is 8.94. The molecule has 1 aliphatic rings. The van der Waals surface area contributed by atoms with Crippen LogP contribution in [0.25, 0.3) is 0 Å². The quantitative estimate of drug-likeness (QED) is 0.780. The summed E-state index contributed by atoms with van der Waals surface area (Å²) >= 11 is 1.69. The summed E-state index contributed by atoms with van der Waals surface area (Å²) in [5.41, 5.74) is 4.08. The van der Waals surface area contributed by atoms with Crippen LogP contribution in [0.15, 0.2) is 24.3 Å². The van der Waals surface area contributed by atoms with Gasteiger partial charge in [0.25, 0.3) is 5.91 Å². The van der Waals surface area contributed by atoms with Crippen LogP contribution >= 0.6 is 11.3 Å². The molecule has 0 spiro atoms. The lowest BCUT2D eigenvalue weighted by molar-refractivity contribution is 0.0942. The minimum atomic E-state index is -0.431. The Morgan fingerprint density at radius 3 is 2.35 bits per heavy atom. The Hall–Kier alpha value is -1.65. The standard InChI is InChI=1S/C22H29NO2S/c1-14-11-15(2)20(16(3)12-14)21(25)23-13-22(9-5-6-10-22)19-8-7-18(26-19)17(4)24/h7-8,11-12,17,24H,5-6,9-10,13H2,1-4H3,(H,23,25). The number of amides is 1. The molecular formula is C22H29NO2S. The van der Waals surface area contributed by atoms with E-state index in [0.717, 1.165) is 34.4 Å². The summed E-state index contributed by atoms with van der Waals surface area (Å²) in [6, 6.07) is 8.32. The first-order valence-electron chi connectivity index (χ1n) is 9.47. The Morgan fingerprint density at radius 1 is 1.19 bits per heavy atom. The number of carbonyl (C=O) groups excluding carboxylic acids is 1. The number of nitrogens with one attached hydrogen (secondary N) is 1. The van der Waals surface area contributed by atoms with E-state index >= 15 is 0 Å². The van der Waals surface area contributed by atoms with Gasteiger partial charge in [0.15, 0.2) is 0 Å². The molecule has 26 heavy (non-hydrogen) atoms. The van der Waals surface area contributed by atoms with Crippen molar-refractivity contribution in [2.45, 2.75) is 64.9 Å². The zero-order valence-corrected chi connectivity index (χ0v) is 17.0. The van der Waals surface area contributed by atoms with Crippen LogP contribution in [-0.4, -0.2) is 17.6 Å². The normalized spacial score (nSPS) is 17.3. The Morgan fingerprint density at radius 2 is 1.81 bits per heavy atom. The Labute approximate surface area is 160 Å². The van der Waals surface area contributed by atoms with E-state index in [1.165, 1.54) is 23.3 Å². The van der Waals surface area contributed by atoms with Gasteiger partial charge in [0.2, 0.25) is 0 Å². The fourth-order valence-corrected chi connectivity index (χ4v) is 5.49.